The number of halogens is 4. The van der Waals surface area contributed by atoms with Crippen LogP contribution in [0.15, 0.2) is 41.3 Å². The van der Waals surface area contributed by atoms with Crippen molar-refractivity contribution in [3.05, 3.63) is 75.0 Å². The fraction of sp³-hybridized carbons (Fsp3) is 0.438. The van der Waals surface area contributed by atoms with Crippen molar-refractivity contribution in [2.75, 3.05) is 19.6 Å². The van der Waals surface area contributed by atoms with Gasteiger partial charge in [-0.05, 0) is 59.9 Å². The van der Waals surface area contributed by atoms with Gasteiger partial charge in [-0.1, -0.05) is 32.0 Å². The van der Waals surface area contributed by atoms with Gasteiger partial charge in [0.05, 0.1) is 23.1 Å². The number of rotatable bonds is 5. The lowest BCUT2D eigenvalue weighted by Crippen LogP contribution is -2.44. The number of pyridine rings is 1. The fourth-order valence-electron chi connectivity index (χ4n) is 6.76. The van der Waals surface area contributed by atoms with Crippen LogP contribution in [0.1, 0.15) is 67.2 Å². The monoisotopic (exact) mass is 611 g/mol. The molecule has 44 heavy (non-hydrogen) atoms. The Kier molecular flexibility index (Phi) is 7.71. The first kappa shape index (κ1) is 29.8. The number of benzene rings is 2. The van der Waals surface area contributed by atoms with Crippen LogP contribution in [0.3, 0.4) is 0 Å². The number of amides is 2. The van der Waals surface area contributed by atoms with Crippen LogP contribution in [-0.4, -0.2) is 62.6 Å². The highest BCUT2D eigenvalue weighted by atomic mass is 19.4. The summed E-state index contributed by atoms with van der Waals surface area (Å²) < 4.78 is 54.9. The van der Waals surface area contributed by atoms with Crippen LogP contribution in [0, 0.1) is 11.7 Å². The molecule has 1 saturated heterocycles. The van der Waals surface area contributed by atoms with Crippen LogP contribution in [-0.2, 0) is 22.6 Å². The van der Waals surface area contributed by atoms with Crippen LogP contribution in [0.2, 0.25) is 0 Å². The van der Waals surface area contributed by atoms with Crippen molar-refractivity contribution in [1.82, 2.24) is 25.0 Å². The van der Waals surface area contributed by atoms with E-state index in [0.717, 1.165) is 21.5 Å². The molecule has 6 rings (SSSR count). The smallest absolute Gasteiger partial charge is 0.343 e. The largest absolute Gasteiger partial charge is 0.406 e. The van der Waals surface area contributed by atoms with Crippen LogP contribution < -0.4 is 5.56 Å². The third-order valence-electron chi connectivity index (χ3n) is 9.00. The summed E-state index contributed by atoms with van der Waals surface area (Å²) in [4.78, 5) is 44.9. The first-order chi connectivity index (χ1) is 20.9. The van der Waals surface area contributed by atoms with Gasteiger partial charge < -0.3 is 14.8 Å². The van der Waals surface area contributed by atoms with Crippen molar-refractivity contribution < 1.29 is 27.2 Å². The number of aromatic nitrogens is 3. The Morgan fingerprint density at radius 2 is 1.86 bits per heavy atom. The van der Waals surface area contributed by atoms with Crippen molar-refractivity contribution >= 4 is 33.6 Å². The number of hydrogen-bond acceptors (Lipinski definition) is 4. The molecule has 4 aromatic rings. The van der Waals surface area contributed by atoms with Crippen molar-refractivity contribution in [3.63, 3.8) is 0 Å². The predicted molar refractivity (Wildman–Crippen MR) is 157 cm³/mol. The van der Waals surface area contributed by atoms with Crippen LogP contribution in [0.25, 0.3) is 21.8 Å². The van der Waals surface area contributed by atoms with Crippen molar-refractivity contribution in [3.8, 4) is 0 Å². The number of aromatic amines is 2. The van der Waals surface area contributed by atoms with Gasteiger partial charge in [-0.15, -0.1) is 0 Å². The van der Waals surface area contributed by atoms with Gasteiger partial charge >= 0.3 is 6.18 Å². The average molecular weight is 612 g/mol. The standard InChI is InChI=1S/C32H33F4N5O3/c1-17(2)22-12-20-10-21(31(44)41(16-32(34,35)36)15-25(20)24-14-37-39-29(22)24)13-27(42)40-8-6-18(7-9-40)23-11-19-4-3-5-26(33)28(19)38-30(23)43/h3-5,11-12,14,17-18,21H,6-10,13,15-16H2,1-2H3,(H,37,39)(H,38,43). The molecule has 0 spiro atoms. The van der Waals surface area contributed by atoms with E-state index < -0.39 is 30.4 Å². The van der Waals surface area contributed by atoms with Crippen molar-refractivity contribution in [2.45, 2.75) is 64.1 Å². The zero-order chi connectivity index (χ0) is 31.3. The molecular weight excluding hydrogens is 578 g/mol. The van der Waals surface area contributed by atoms with Crippen molar-refractivity contribution in [1.29, 1.82) is 0 Å². The molecule has 1 fully saturated rings. The molecule has 1 unspecified atom stereocenters. The average Bonchev–Trinajstić information content (AvgIpc) is 3.42. The minimum atomic E-state index is -4.60. The molecule has 0 radical (unpaired) electrons. The van der Waals surface area contributed by atoms with Crippen LogP contribution in [0.5, 0.6) is 0 Å². The van der Waals surface area contributed by atoms with E-state index in [9.17, 15) is 31.9 Å². The summed E-state index contributed by atoms with van der Waals surface area (Å²) in [5, 5.41) is 8.36. The molecule has 2 aliphatic rings. The van der Waals surface area contributed by atoms with Gasteiger partial charge in [0.25, 0.3) is 5.56 Å². The molecule has 0 aliphatic carbocycles. The normalized spacial score (nSPS) is 18.3. The lowest BCUT2D eigenvalue weighted by molar-refractivity contribution is -0.165. The molecule has 232 valence electrons. The topological polar surface area (TPSA) is 102 Å². The summed E-state index contributed by atoms with van der Waals surface area (Å²) in [6.45, 7) is 3.06. The first-order valence-electron chi connectivity index (χ1n) is 14.8. The van der Waals surface area contributed by atoms with E-state index in [2.05, 4.69) is 15.2 Å². The Bertz CT molecular complexity index is 1800. The Labute approximate surface area is 250 Å². The number of H-pyrrole nitrogens is 2. The molecule has 2 amide bonds. The second kappa shape index (κ2) is 11.4. The number of likely N-dealkylation sites (tertiary alicyclic amines) is 1. The van der Waals surface area contributed by atoms with Gasteiger partial charge in [0, 0.05) is 42.4 Å². The maximum atomic E-state index is 14.1. The number of hydrogen-bond donors (Lipinski definition) is 2. The zero-order valence-electron chi connectivity index (χ0n) is 24.4. The molecule has 12 heteroatoms. The van der Waals surface area contributed by atoms with Gasteiger partial charge in [0.2, 0.25) is 11.8 Å². The highest BCUT2D eigenvalue weighted by Crippen LogP contribution is 2.36. The number of para-hydroxylation sites is 1. The Hall–Kier alpha value is -4.22. The summed E-state index contributed by atoms with van der Waals surface area (Å²) in [6, 6.07) is 8.20. The maximum Gasteiger partial charge on any atom is 0.406 e. The Balaban J connectivity index is 1.22. The molecular formula is C32H33F4N5O3. The zero-order valence-corrected chi connectivity index (χ0v) is 24.4. The van der Waals surface area contributed by atoms with Gasteiger partial charge in [0.15, 0.2) is 0 Å². The highest BCUT2D eigenvalue weighted by molar-refractivity contribution is 5.90. The predicted octanol–water partition coefficient (Wildman–Crippen LogP) is 5.53. The van der Waals surface area contributed by atoms with E-state index in [1.165, 1.54) is 6.07 Å². The third kappa shape index (κ3) is 5.69. The molecule has 8 nitrogen and oxygen atoms in total. The Morgan fingerprint density at radius 1 is 1.11 bits per heavy atom. The molecule has 4 heterocycles. The lowest BCUT2D eigenvalue weighted by atomic mass is 9.87. The van der Waals surface area contributed by atoms with Crippen LogP contribution in [0.4, 0.5) is 17.6 Å². The van der Waals surface area contributed by atoms with Crippen LogP contribution >= 0.6 is 0 Å². The van der Waals surface area contributed by atoms with Gasteiger partial charge in [-0.2, -0.15) is 18.3 Å². The number of nitrogens with zero attached hydrogens (tertiary/aromatic N) is 3. The van der Waals surface area contributed by atoms with E-state index in [1.54, 1.807) is 29.3 Å². The molecule has 2 aliphatic heterocycles. The molecule has 2 N–H and O–H groups in total. The van der Waals surface area contributed by atoms with E-state index in [0.29, 0.717) is 47.8 Å². The lowest BCUT2D eigenvalue weighted by Gasteiger charge is -2.33. The van der Waals surface area contributed by atoms with E-state index in [4.69, 9.17) is 0 Å². The summed E-state index contributed by atoms with van der Waals surface area (Å²) in [5.41, 5.74) is 3.37. The number of carbonyl (C=O) groups excluding carboxylic acids is 2. The first-order valence-corrected chi connectivity index (χ1v) is 14.8. The van der Waals surface area contributed by atoms with E-state index in [-0.39, 0.29) is 48.2 Å². The van der Waals surface area contributed by atoms with Gasteiger partial charge in [0.1, 0.15) is 12.4 Å². The molecule has 2 aromatic heterocycles. The fourth-order valence-corrected chi connectivity index (χ4v) is 6.76. The second-order valence-electron chi connectivity index (χ2n) is 12.2. The highest BCUT2D eigenvalue weighted by Gasteiger charge is 2.40. The third-order valence-corrected chi connectivity index (χ3v) is 9.00. The second-order valence-corrected chi connectivity index (χ2v) is 12.2. The minimum Gasteiger partial charge on any atom is -0.343 e. The van der Waals surface area contributed by atoms with E-state index >= 15 is 0 Å². The number of fused-ring (bicyclic) bond motifs is 4. The Morgan fingerprint density at radius 3 is 2.57 bits per heavy atom. The molecule has 0 bridgehead atoms. The van der Waals surface area contributed by atoms with E-state index in [1.807, 2.05) is 19.9 Å². The number of nitrogens with one attached hydrogen (secondary N) is 2. The summed E-state index contributed by atoms with van der Waals surface area (Å²) >= 11 is 0. The number of piperidine rings is 1. The molecule has 1 atom stereocenters. The quantitative estimate of drug-likeness (QED) is 0.290. The summed E-state index contributed by atoms with van der Waals surface area (Å²) in [6.07, 6.45) is -2.09. The summed E-state index contributed by atoms with van der Waals surface area (Å²) in [7, 11) is 0. The number of alkyl halides is 3. The van der Waals surface area contributed by atoms with Gasteiger partial charge in [-0.3, -0.25) is 19.5 Å². The number of carbonyl (C=O) groups is 2. The minimum absolute atomic E-state index is 0.101. The van der Waals surface area contributed by atoms with Gasteiger partial charge in [-0.25, -0.2) is 4.39 Å². The molecule has 0 saturated carbocycles. The molecule has 2 aromatic carbocycles. The SMILES string of the molecule is CC(C)c1cc2c(c3cn[nH]c13)CN(CC(F)(F)F)C(=O)C(CC(=O)N1CCC(c3cc4cccc(F)c4[nH]c3=O)CC1)C2. The summed E-state index contributed by atoms with van der Waals surface area (Å²) in [5.74, 6) is -2.50. The van der Waals surface area contributed by atoms with Crippen molar-refractivity contribution in [2.24, 2.45) is 5.92 Å². The maximum absolute atomic E-state index is 14.1.